The summed E-state index contributed by atoms with van der Waals surface area (Å²) in [4.78, 5) is 39.6. The first-order chi connectivity index (χ1) is 16.0. The third kappa shape index (κ3) is 4.16. The number of pyridine rings is 2. The summed E-state index contributed by atoms with van der Waals surface area (Å²) in [5, 5.41) is 13.6. The molecular formula is C20H19FN6O5S. The van der Waals surface area contributed by atoms with Gasteiger partial charge in [0.1, 0.15) is 18.5 Å². The first kappa shape index (κ1) is 21.4. The van der Waals surface area contributed by atoms with Crippen molar-refractivity contribution >= 4 is 40.1 Å². The van der Waals surface area contributed by atoms with Crippen LogP contribution in [-0.4, -0.2) is 68.1 Å². The number of halogens is 1. The van der Waals surface area contributed by atoms with Crippen LogP contribution in [0.5, 0.6) is 0 Å². The van der Waals surface area contributed by atoms with Crippen molar-refractivity contribution < 1.29 is 23.9 Å². The molecule has 0 amide bonds. The Balaban J connectivity index is 1.41. The number of hydrogen-bond donors (Lipinski definition) is 1. The molecular weight excluding hydrogens is 455 g/mol. The van der Waals surface area contributed by atoms with E-state index in [-0.39, 0.29) is 23.0 Å². The molecule has 11 nitrogen and oxygen atoms in total. The number of aromatic nitrogens is 4. The molecule has 2 fully saturated rings. The topological polar surface area (TPSA) is 132 Å². The Kier molecular flexibility index (Phi) is 5.72. The van der Waals surface area contributed by atoms with Gasteiger partial charge in [0.15, 0.2) is 17.3 Å². The minimum atomic E-state index is -1.42. The molecule has 13 heteroatoms. The lowest BCUT2D eigenvalue weighted by molar-refractivity contribution is -0.0398. The Bertz CT molecular complexity index is 1280. The summed E-state index contributed by atoms with van der Waals surface area (Å²) in [6.45, 7) is 1.75. The molecule has 1 N–H and O–H groups in total. The van der Waals surface area contributed by atoms with Crippen LogP contribution in [0.3, 0.4) is 0 Å². The van der Waals surface area contributed by atoms with Gasteiger partial charge in [-0.2, -0.15) is 4.37 Å². The van der Waals surface area contributed by atoms with Crippen molar-refractivity contribution in [2.24, 2.45) is 5.16 Å². The standard InChI is InChI=1S/C20H19FN6O5S/c21-15-5-13-16(28)14(19(29)30)8-27(20-22-10-23-33-20)17(13)24-18(15)26-6-11(7-26)25-32-9-12-3-1-2-4-31-12/h5,8,10,12H,1-4,6-7,9H2,(H,29,30). The molecule has 2 saturated heterocycles. The molecule has 2 aliphatic heterocycles. The monoisotopic (exact) mass is 474 g/mol. The number of fused-ring (bicyclic) bond motifs is 1. The molecule has 1 atom stereocenters. The number of carboxylic acids is 1. The first-order valence-electron chi connectivity index (χ1n) is 10.3. The summed E-state index contributed by atoms with van der Waals surface area (Å²) >= 11 is 0.990. The van der Waals surface area contributed by atoms with E-state index in [2.05, 4.69) is 19.5 Å². The van der Waals surface area contributed by atoms with Crippen molar-refractivity contribution in [2.75, 3.05) is 31.2 Å². The highest BCUT2D eigenvalue weighted by Crippen LogP contribution is 2.26. The Morgan fingerprint density at radius 1 is 1.39 bits per heavy atom. The van der Waals surface area contributed by atoms with Crippen LogP contribution in [-0.2, 0) is 9.57 Å². The van der Waals surface area contributed by atoms with Crippen LogP contribution in [0.25, 0.3) is 16.2 Å². The molecule has 0 aliphatic carbocycles. The van der Waals surface area contributed by atoms with Gasteiger partial charge in [0, 0.05) is 24.3 Å². The highest BCUT2D eigenvalue weighted by atomic mass is 32.1. The molecule has 0 radical (unpaired) electrons. The predicted octanol–water partition coefficient (Wildman–Crippen LogP) is 1.84. The summed E-state index contributed by atoms with van der Waals surface area (Å²) in [5.74, 6) is -2.13. The lowest BCUT2D eigenvalue weighted by atomic mass is 10.1. The summed E-state index contributed by atoms with van der Waals surface area (Å²) in [6, 6.07) is 1.01. The molecule has 172 valence electrons. The van der Waals surface area contributed by atoms with Crippen molar-refractivity contribution in [3.8, 4) is 5.13 Å². The maximum atomic E-state index is 14.9. The van der Waals surface area contributed by atoms with Crippen LogP contribution < -0.4 is 10.3 Å². The maximum Gasteiger partial charge on any atom is 0.341 e. The quantitative estimate of drug-likeness (QED) is 0.531. The Hall–Kier alpha value is -3.45. The van der Waals surface area contributed by atoms with Crippen LogP contribution in [0.1, 0.15) is 29.6 Å². The zero-order valence-electron chi connectivity index (χ0n) is 17.3. The van der Waals surface area contributed by atoms with Gasteiger partial charge in [-0.3, -0.25) is 9.36 Å². The molecule has 1 unspecified atom stereocenters. The molecule has 5 heterocycles. The van der Waals surface area contributed by atoms with Crippen LogP contribution in [0, 0.1) is 5.82 Å². The summed E-state index contributed by atoms with van der Waals surface area (Å²) in [5.41, 5.74) is -0.506. The van der Waals surface area contributed by atoms with Crippen molar-refractivity contribution in [1.82, 2.24) is 18.9 Å². The zero-order valence-corrected chi connectivity index (χ0v) is 18.1. The molecule has 33 heavy (non-hydrogen) atoms. The van der Waals surface area contributed by atoms with Crippen molar-refractivity contribution in [2.45, 2.75) is 25.4 Å². The largest absolute Gasteiger partial charge is 0.477 e. The molecule has 3 aromatic rings. The smallest absolute Gasteiger partial charge is 0.341 e. The van der Waals surface area contributed by atoms with E-state index in [1.807, 2.05) is 0 Å². The highest BCUT2D eigenvalue weighted by molar-refractivity contribution is 7.08. The second-order valence-corrected chi connectivity index (χ2v) is 8.49. The van der Waals surface area contributed by atoms with Crippen LogP contribution in [0.15, 0.2) is 28.5 Å². The third-order valence-corrected chi connectivity index (χ3v) is 6.14. The fourth-order valence-corrected chi connectivity index (χ4v) is 4.27. The van der Waals surface area contributed by atoms with Crippen LogP contribution in [0.2, 0.25) is 0 Å². The van der Waals surface area contributed by atoms with E-state index in [0.29, 0.717) is 24.8 Å². The number of oxime groups is 1. The van der Waals surface area contributed by atoms with Crippen molar-refractivity contribution in [3.63, 3.8) is 0 Å². The van der Waals surface area contributed by atoms with E-state index in [0.717, 1.165) is 55.4 Å². The van der Waals surface area contributed by atoms with E-state index in [4.69, 9.17) is 9.57 Å². The lowest BCUT2D eigenvalue weighted by Crippen LogP contribution is -2.48. The second-order valence-electron chi connectivity index (χ2n) is 7.73. The number of ether oxygens (including phenoxy) is 1. The third-order valence-electron chi connectivity index (χ3n) is 5.47. The van der Waals surface area contributed by atoms with Gasteiger partial charge in [0.25, 0.3) is 0 Å². The van der Waals surface area contributed by atoms with Gasteiger partial charge in [-0.25, -0.2) is 19.2 Å². The predicted molar refractivity (Wildman–Crippen MR) is 117 cm³/mol. The molecule has 0 aromatic carbocycles. The number of carbonyl (C=O) groups is 1. The Morgan fingerprint density at radius 2 is 2.24 bits per heavy atom. The molecule has 2 aliphatic rings. The minimum absolute atomic E-state index is 0.0257. The van der Waals surface area contributed by atoms with Gasteiger partial charge < -0.3 is 19.6 Å². The van der Waals surface area contributed by atoms with E-state index in [1.54, 1.807) is 4.90 Å². The Morgan fingerprint density at radius 3 is 2.94 bits per heavy atom. The fourth-order valence-electron chi connectivity index (χ4n) is 3.76. The summed E-state index contributed by atoms with van der Waals surface area (Å²) in [6.07, 6.45) is 5.60. The zero-order chi connectivity index (χ0) is 22.9. The van der Waals surface area contributed by atoms with Crippen molar-refractivity contribution in [3.05, 3.63) is 40.2 Å². The molecule has 0 saturated carbocycles. The van der Waals surface area contributed by atoms with E-state index < -0.39 is 22.8 Å². The number of carboxylic acid groups (broad SMARTS) is 1. The van der Waals surface area contributed by atoms with Crippen LogP contribution in [0.4, 0.5) is 10.2 Å². The molecule has 0 bridgehead atoms. The average molecular weight is 474 g/mol. The number of hydrogen-bond acceptors (Lipinski definition) is 10. The number of aromatic carboxylic acids is 1. The van der Waals surface area contributed by atoms with Gasteiger partial charge >= 0.3 is 5.97 Å². The molecule has 3 aromatic heterocycles. The first-order valence-corrected chi connectivity index (χ1v) is 11.1. The van der Waals surface area contributed by atoms with Gasteiger partial charge in [-0.15, -0.1) is 0 Å². The molecule has 5 rings (SSSR count). The summed E-state index contributed by atoms with van der Waals surface area (Å²) < 4.78 is 25.7. The maximum absolute atomic E-state index is 14.9. The normalized spacial score (nSPS) is 18.3. The van der Waals surface area contributed by atoms with Gasteiger partial charge in [0.05, 0.1) is 30.3 Å². The van der Waals surface area contributed by atoms with Gasteiger partial charge in [-0.05, 0) is 25.3 Å². The molecule has 0 spiro atoms. The fraction of sp³-hybridized carbons (Fsp3) is 0.400. The van der Waals surface area contributed by atoms with E-state index in [1.165, 1.54) is 10.9 Å². The van der Waals surface area contributed by atoms with E-state index in [9.17, 15) is 19.1 Å². The number of anilines is 1. The second kappa shape index (κ2) is 8.83. The van der Waals surface area contributed by atoms with E-state index >= 15 is 0 Å². The minimum Gasteiger partial charge on any atom is -0.477 e. The lowest BCUT2D eigenvalue weighted by Gasteiger charge is -2.33. The number of nitrogens with zero attached hydrogens (tertiary/aromatic N) is 6. The van der Waals surface area contributed by atoms with Crippen LogP contribution >= 0.6 is 11.5 Å². The SMILES string of the molecule is O=C(O)c1cn(-c2ncns2)c2nc(N3CC(=NOCC4CCCCO4)C3)c(F)cc2c1=O. The summed E-state index contributed by atoms with van der Waals surface area (Å²) in [7, 11) is 0. The van der Waals surface area contributed by atoms with Gasteiger partial charge in [-0.1, -0.05) is 5.16 Å². The Labute approximate surface area is 190 Å². The number of rotatable bonds is 6. The highest BCUT2D eigenvalue weighted by Gasteiger charge is 2.29. The van der Waals surface area contributed by atoms with Crippen molar-refractivity contribution in [1.29, 1.82) is 0 Å². The average Bonchev–Trinajstić information content (AvgIpc) is 3.31. The van der Waals surface area contributed by atoms with Gasteiger partial charge in [0.2, 0.25) is 10.6 Å².